The largest absolute Gasteiger partial charge is 1.00 e. The SMILES string of the molecule is Fc1ccc(-c2[c-]scn2)c(F)c1.[Li+]. The van der Waals surface area contributed by atoms with Crippen LogP contribution in [0.5, 0.6) is 0 Å². The summed E-state index contributed by atoms with van der Waals surface area (Å²) in [6, 6.07) is 3.39. The number of rotatable bonds is 1. The molecule has 0 aliphatic carbocycles. The van der Waals surface area contributed by atoms with Gasteiger partial charge in [-0.2, -0.15) is 0 Å². The molecule has 0 saturated heterocycles. The molecule has 0 radical (unpaired) electrons. The number of nitrogens with zero attached hydrogens (tertiary/aromatic N) is 1. The Morgan fingerprint density at radius 2 is 2.07 bits per heavy atom. The summed E-state index contributed by atoms with van der Waals surface area (Å²) in [7, 11) is 0. The Kier molecular flexibility index (Phi) is 3.82. The predicted molar refractivity (Wildman–Crippen MR) is 46.3 cm³/mol. The fraction of sp³-hybridized carbons (Fsp3) is 0. The Morgan fingerprint density at radius 3 is 2.64 bits per heavy atom. The molecule has 1 aromatic heterocycles. The van der Waals surface area contributed by atoms with E-state index in [0.29, 0.717) is 5.69 Å². The summed E-state index contributed by atoms with van der Waals surface area (Å²) < 4.78 is 25.6. The zero-order valence-electron chi connectivity index (χ0n) is 7.42. The summed E-state index contributed by atoms with van der Waals surface area (Å²) in [5.41, 5.74) is 2.25. The van der Waals surface area contributed by atoms with Gasteiger partial charge in [-0.25, -0.2) is 8.78 Å². The molecule has 0 amide bonds. The smallest absolute Gasteiger partial charge is 0.335 e. The standard InChI is InChI=1S/C9H4F2NS.Li/c10-6-1-2-7(8(11)3-6)9-4-13-5-12-9;/h1-3,5H;/q-1;+1. The van der Waals surface area contributed by atoms with Crippen LogP contribution >= 0.6 is 11.3 Å². The predicted octanol–water partition coefficient (Wildman–Crippen LogP) is -0.108. The first kappa shape index (κ1) is 11.4. The van der Waals surface area contributed by atoms with Crippen molar-refractivity contribution >= 4 is 11.3 Å². The van der Waals surface area contributed by atoms with Crippen molar-refractivity contribution in [2.24, 2.45) is 0 Å². The van der Waals surface area contributed by atoms with E-state index < -0.39 is 11.6 Å². The number of aromatic nitrogens is 1. The van der Waals surface area contributed by atoms with Crippen LogP contribution < -0.4 is 18.9 Å². The van der Waals surface area contributed by atoms with Crippen LogP contribution in [-0.4, -0.2) is 4.98 Å². The first-order valence-corrected chi connectivity index (χ1v) is 4.42. The van der Waals surface area contributed by atoms with Crippen molar-refractivity contribution in [2.75, 3.05) is 0 Å². The van der Waals surface area contributed by atoms with Gasteiger partial charge in [-0.05, 0) is 23.3 Å². The van der Waals surface area contributed by atoms with Crippen molar-refractivity contribution in [1.82, 2.24) is 4.98 Å². The van der Waals surface area contributed by atoms with Crippen LogP contribution in [0.1, 0.15) is 0 Å². The maximum absolute atomic E-state index is 13.1. The van der Waals surface area contributed by atoms with Gasteiger partial charge in [-0.3, -0.25) is 11.3 Å². The van der Waals surface area contributed by atoms with Crippen molar-refractivity contribution in [3.05, 3.63) is 40.7 Å². The maximum Gasteiger partial charge on any atom is 1.00 e. The van der Waals surface area contributed by atoms with Gasteiger partial charge in [0.2, 0.25) is 0 Å². The first-order valence-electron chi connectivity index (χ1n) is 3.54. The van der Waals surface area contributed by atoms with Gasteiger partial charge in [0.25, 0.3) is 0 Å². The number of hydrogen-bond acceptors (Lipinski definition) is 2. The number of halogens is 2. The van der Waals surface area contributed by atoms with Crippen LogP contribution in [0.25, 0.3) is 11.3 Å². The number of thiazole rings is 1. The average molecular weight is 203 g/mol. The third-order valence-corrected chi connectivity index (χ3v) is 2.10. The minimum absolute atomic E-state index is 0. The zero-order valence-corrected chi connectivity index (χ0v) is 8.24. The van der Waals surface area contributed by atoms with Crippen molar-refractivity contribution < 1.29 is 27.6 Å². The summed E-state index contributed by atoms with van der Waals surface area (Å²) >= 11 is 1.25. The Hall–Kier alpha value is -0.693. The van der Waals surface area contributed by atoms with Gasteiger partial charge in [0, 0.05) is 0 Å². The van der Waals surface area contributed by atoms with Crippen LogP contribution in [-0.2, 0) is 0 Å². The van der Waals surface area contributed by atoms with Crippen LogP contribution in [0, 0.1) is 17.0 Å². The molecule has 2 aromatic rings. The van der Waals surface area contributed by atoms with Crippen molar-refractivity contribution in [2.45, 2.75) is 0 Å². The van der Waals surface area contributed by atoms with E-state index in [4.69, 9.17) is 0 Å². The second-order valence-electron chi connectivity index (χ2n) is 2.43. The zero-order chi connectivity index (χ0) is 9.26. The summed E-state index contributed by atoms with van der Waals surface area (Å²) in [6.07, 6.45) is 0. The van der Waals surface area contributed by atoms with E-state index >= 15 is 0 Å². The summed E-state index contributed by atoms with van der Waals surface area (Å²) in [6.45, 7) is 0. The number of benzene rings is 1. The minimum atomic E-state index is -0.609. The van der Waals surface area contributed by atoms with Crippen molar-refractivity contribution in [1.29, 1.82) is 0 Å². The molecule has 0 saturated carbocycles. The molecule has 0 spiro atoms. The summed E-state index contributed by atoms with van der Waals surface area (Å²) in [4.78, 5) is 3.88. The quantitative estimate of drug-likeness (QED) is 0.465. The molecular weight excluding hydrogens is 199 g/mol. The maximum atomic E-state index is 13.1. The molecule has 0 aliphatic heterocycles. The Balaban J connectivity index is 0.000000980. The van der Waals surface area contributed by atoms with E-state index in [9.17, 15) is 8.78 Å². The topological polar surface area (TPSA) is 12.9 Å². The third-order valence-electron chi connectivity index (χ3n) is 1.58. The van der Waals surface area contributed by atoms with Gasteiger partial charge >= 0.3 is 18.9 Å². The summed E-state index contributed by atoms with van der Waals surface area (Å²) in [5, 5.41) is 2.78. The molecule has 1 aromatic carbocycles. The Morgan fingerprint density at radius 1 is 1.29 bits per heavy atom. The molecule has 0 N–H and O–H groups in total. The molecule has 1 nitrogen and oxygen atoms in total. The molecule has 0 atom stereocenters. The van der Waals surface area contributed by atoms with Crippen LogP contribution in [0.15, 0.2) is 23.7 Å². The normalized spacial score (nSPS) is 9.57. The average Bonchev–Trinajstić information content (AvgIpc) is 2.56. The Bertz CT molecular complexity index is 417. The Labute approximate surface area is 96.0 Å². The van der Waals surface area contributed by atoms with E-state index in [-0.39, 0.29) is 24.4 Å². The fourth-order valence-corrected chi connectivity index (χ4v) is 1.48. The van der Waals surface area contributed by atoms with E-state index in [0.717, 1.165) is 6.07 Å². The van der Waals surface area contributed by atoms with Gasteiger partial charge in [0.1, 0.15) is 5.82 Å². The molecule has 66 valence electrons. The van der Waals surface area contributed by atoms with E-state index in [1.807, 2.05) is 0 Å². The van der Waals surface area contributed by atoms with Crippen LogP contribution in [0.4, 0.5) is 8.78 Å². The number of hydrogen-bond donors (Lipinski definition) is 0. The van der Waals surface area contributed by atoms with Gasteiger partial charge in [0.15, 0.2) is 0 Å². The van der Waals surface area contributed by atoms with Crippen molar-refractivity contribution in [3.8, 4) is 11.3 Å². The monoisotopic (exact) mass is 203 g/mol. The van der Waals surface area contributed by atoms with Gasteiger partial charge in [0.05, 0.1) is 5.82 Å². The molecule has 1 heterocycles. The molecule has 5 heteroatoms. The van der Waals surface area contributed by atoms with Gasteiger partial charge in [-0.15, -0.1) is 6.07 Å². The molecule has 2 rings (SSSR count). The molecule has 0 fully saturated rings. The summed E-state index contributed by atoms with van der Waals surface area (Å²) in [5.74, 6) is -1.20. The van der Waals surface area contributed by atoms with E-state index in [2.05, 4.69) is 10.4 Å². The van der Waals surface area contributed by atoms with Crippen LogP contribution in [0.3, 0.4) is 0 Å². The van der Waals surface area contributed by atoms with Crippen molar-refractivity contribution in [3.63, 3.8) is 0 Å². The van der Waals surface area contributed by atoms with E-state index in [1.165, 1.54) is 23.5 Å². The second kappa shape index (κ2) is 4.70. The molecule has 14 heavy (non-hydrogen) atoms. The molecule has 0 aliphatic rings. The second-order valence-corrected chi connectivity index (χ2v) is 3.08. The van der Waals surface area contributed by atoms with Gasteiger partial charge in [-0.1, -0.05) is 10.9 Å². The molecular formula is C9H4F2LiNS. The van der Waals surface area contributed by atoms with Crippen LogP contribution in [0.2, 0.25) is 0 Å². The molecule has 0 bridgehead atoms. The fourth-order valence-electron chi connectivity index (χ4n) is 0.994. The third kappa shape index (κ3) is 2.21. The first-order chi connectivity index (χ1) is 6.27. The molecule has 0 unspecified atom stereocenters. The van der Waals surface area contributed by atoms with Gasteiger partial charge < -0.3 is 4.98 Å². The van der Waals surface area contributed by atoms with E-state index in [1.54, 1.807) is 5.51 Å². The minimum Gasteiger partial charge on any atom is -0.335 e.